The maximum atomic E-state index is 13.5. The number of halogens is 1. The van der Waals surface area contributed by atoms with Gasteiger partial charge in [0, 0.05) is 4.90 Å². The van der Waals surface area contributed by atoms with Crippen molar-refractivity contribution < 1.29 is 4.39 Å². The molecule has 1 aromatic carbocycles. The first-order valence-corrected chi connectivity index (χ1v) is 8.19. The second kappa shape index (κ2) is 8.99. The molecule has 0 fully saturated rings. The highest BCUT2D eigenvalue weighted by Gasteiger charge is 2.26. The fourth-order valence-electron chi connectivity index (χ4n) is 2.05. The summed E-state index contributed by atoms with van der Waals surface area (Å²) in [6.07, 6.45) is 3.53. The van der Waals surface area contributed by atoms with Gasteiger partial charge in [-0.1, -0.05) is 26.0 Å². The maximum Gasteiger partial charge on any atom is 0.136 e. The van der Waals surface area contributed by atoms with Gasteiger partial charge < -0.3 is 0 Å². The summed E-state index contributed by atoms with van der Waals surface area (Å²) < 4.78 is 13.5. The normalized spacial score (nSPS) is 13.7. The first kappa shape index (κ1) is 17.0. The minimum atomic E-state index is -0.425. The Hall–Kier alpha value is -1.05. The molecule has 1 aromatic rings. The number of nitrogens with one attached hydrogen (secondary N) is 1. The fraction of sp³-hybridized carbons (Fsp3) is 0.562. The van der Waals surface area contributed by atoms with Crippen molar-refractivity contribution in [1.29, 1.82) is 5.26 Å². The van der Waals surface area contributed by atoms with Crippen molar-refractivity contribution in [2.75, 3.05) is 12.3 Å². The lowest BCUT2D eigenvalue weighted by atomic mass is 9.92. The van der Waals surface area contributed by atoms with Crippen molar-refractivity contribution in [3.05, 3.63) is 30.1 Å². The van der Waals surface area contributed by atoms with Crippen LogP contribution >= 0.6 is 11.8 Å². The number of thioether (sulfide) groups is 1. The number of hydrogen-bond acceptors (Lipinski definition) is 3. The Labute approximate surface area is 125 Å². The first-order valence-electron chi connectivity index (χ1n) is 7.21. The minimum Gasteiger partial charge on any atom is -0.299 e. The fourth-order valence-corrected chi connectivity index (χ4v) is 2.94. The molecule has 0 heterocycles. The summed E-state index contributed by atoms with van der Waals surface area (Å²) in [5, 5.41) is 12.7. The molecule has 0 aromatic heterocycles. The molecule has 2 nitrogen and oxygen atoms in total. The van der Waals surface area contributed by atoms with Gasteiger partial charge >= 0.3 is 0 Å². The third-order valence-electron chi connectivity index (χ3n) is 3.37. The van der Waals surface area contributed by atoms with E-state index in [-0.39, 0.29) is 5.82 Å². The van der Waals surface area contributed by atoms with Crippen molar-refractivity contribution >= 4 is 11.8 Å². The van der Waals surface area contributed by atoms with Crippen LogP contribution in [0.3, 0.4) is 0 Å². The van der Waals surface area contributed by atoms with E-state index in [1.165, 1.54) is 17.8 Å². The average molecular weight is 294 g/mol. The van der Waals surface area contributed by atoms with Gasteiger partial charge in [0.15, 0.2) is 0 Å². The summed E-state index contributed by atoms with van der Waals surface area (Å²) in [6.45, 7) is 5.00. The highest BCUT2D eigenvalue weighted by molar-refractivity contribution is 7.99. The third kappa shape index (κ3) is 5.15. The van der Waals surface area contributed by atoms with Crippen LogP contribution in [-0.2, 0) is 0 Å². The van der Waals surface area contributed by atoms with Crippen LogP contribution in [-0.4, -0.2) is 17.8 Å². The molecule has 0 bridgehead atoms. The molecule has 0 aliphatic carbocycles. The Morgan fingerprint density at radius 3 is 2.70 bits per heavy atom. The van der Waals surface area contributed by atoms with Gasteiger partial charge in [-0.25, -0.2) is 4.39 Å². The Balaban J connectivity index is 2.42. The van der Waals surface area contributed by atoms with Crippen LogP contribution < -0.4 is 5.32 Å². The van der Waals surface area contributed by atoms with Crippen LogP contribution in [0.15, 0.2) is 29.2 Å². The summed E-state index contributed by atoms with van der Waals surface area (Å²) in [7, 11) is 0. The molecular weight excluding hydrogens is 271 g/mol. The molecule has 1 unspecified atom stereocenters. The predicted octanol–water partition coefficient (Wildman–Crippen LogP) is 4.37. The monoisotopic (exact) mass is 294 g/mol. The van der Waals surface area contributed by atoms with E-state index in [4.69, 9.17) is 0 Å². The highest BCUT2D eigenvalue weighted by atomic mass is 32.2. The van der Waals surface area contributed by atoms with Gasteiger partial charge in [0.1, 0.15) is 11.4 Å². The largest absolute Gasteiger partial charge is 0.299 e. The average Bonchev–Trinajstić information content (AvgIpc) is 2.49. The Bertz CT molecular complexity index is 444. The molecule has 20 heavy (non-hydrogen) atoms. The van der Waals surface area contributed by atoms with Crippen LogP contribution in [0.5, 0.6) is 0 Å². The Morgan fingerprint density at radius 1 is 1.35 bits per heavy atom. The van der Waals surface area contributed by atoms with Crippen molar-refractivity contribution in [2.24, 2.45) is 0 Å². The van der Waals surface area contributed by atoms with Crippen molar-refractivity contribution in [1.82, 2.24) is 5.32 Å². The van der Waals surface area contributed by atoms with Crippen LogP contribution in [0, 0.1) is 17.1 Å². The molecule has 1 rings (SSSR count). The van der Waals surface area contributed by atoms with Gasteiger partial charge in [0.2, 0.25) is 0 Å². The van der Waals surface area contributed by atoms with E-state index in [1.54, 1.807) is 12.1 Å². The second-order valence-corrected chi connectivity index (χ2v) is 5.99. The van der Waals surface area contributed by atoms with Gasteiger partial charge in [0.25, 0.3) is 0 Å². The molecule has 0 aliphatic heterocycles. The molecule has 0 amide bonds. The molecular formula is C16H23FN2S. The van der Waals surface area contributed by atoms with E-state index in [0.29, 0.717) is 4.90 Å². The molecule has 110 valence electrons. The lowest BCUT2D eigenvalue weighted by molar-refractivity contribution is 0.371. The Morgan fingerprint density at radius 2 is 2.10 bits per heavy atom. The van der Waals surface area contributed by atoms with E-state index < -0.39 is 5.54 Å². The molecule has 0 saturated carbocycles. The lowest BCUT2D eigenvalue weighted by Gasteiger charge is -2.26. The highest BCUT2D eigenvalue weighted by Crippen LogP contribution is 2.24. The van der Waals surface area contributed by atoms with Gasteiger partial charge in [-0.2, -0.15) is 5.26 Å². The number of nitriles is 1. The van der Waals surface area contributed by atoms with Gasteiger partial charge in [-0.05, 0) is 50.1 Å². The molecule has 1 N–H and O–H groups in total. The summed E-state index contributed by atoms with van der Waals surface area (Å²) in [4.78, 5) is 0.688. The quantitative estimate of drug-likeness (QED) is 0.542. The topological polar surface area (TPSA) is 35.8 Å². The van der Waals surface area contributed by atoms with Crippen molar-refractivity contribution in [3.63, 3.8) is 0 Å². The summed E-state index contributed by atoms with van der Waals surface area (Å²) in [5.41, 5.74) is -0.425. The zero-order valence-electron chi connectivity index (χ0n) is 12.3. The zero-order valence-corrected chi connectivity index (χ0v) is 13.1. The number of benzene rings is 1. The predicted molar refractivity (Wildman–Crippen MR) is 83.3 cm³/mol. The minimum absolute atomic E-state index is 0.163. The standard InChI is InChI=1S/C16H23FN2S/c1-3-11-19-16(4-2,13-18)10-7-12-20-15-9-6-5-8-14(15)17/h5-6,8-9,19H,3-4,7,10-12H2,1-2H3. The van der Waals surface area contributed by atoms with Gasteiger partial charge in [-0.15, -0.1) is 11.8 Å². The molecule has 0 saturated heterocycles. The van der Waals surface area contributed by atoms with Crippen LogP contribution in [0.25, 0.3) is 0 Å². The molecule has 4 heteroatoms. The SMILES string of the molecule is CCCNC(C#N)(CC)CCCSc1ccccc1F. The number of hydrogen-bond donors (Lipinski definition) is 1. The van der Waals surface area contributed by atoms with Crippen LogP contribution in [0.1, 0.15) is 39.5 Å². The van der Waals surface area contributed by atoms with Crippen LogP contribution in [0.4, 0.5) is 4.39 Å². The van der Waals surface area contributed by atoms with Crippen molar-refractivity contribution in [3.8, 4) is 6.07 Å². The number of nitrogens with zero attached hydrogens (tertiary/aromatic N) is 1. The molecule has 0 aliphatic rings. The number of rotatable bonds is 9. The van der Waals surface area contributed by atoms with Gasteiger partial charge in [-0.3, -0.25) is 5.32 Å². The van der Waals surface area contributed by atoms with E-state index in [2.05, 4.69) is 18.3 Å². The van der Waals surface area contributed by atoms with Gasteiger partial charge in [0.05, 0.1) is 6.07 Å². The van der Waals surface area contributed by atoms with E-state index in [1.807, 2.05) is 13.0 Å². The van der Waals surface area contributed by atoms with Crippen molar-refractivity contribution in [2.45, 2.75) is 50.0 Å². The lowest BCUT2D eigenvalue weighted by Crippen LogP contribution is -2.43. The van der Waals surface area contributed by atoms with E-state index in [0.717, 1.165) is 38.0 Å². The molecule has 0 spiro atoms. The summed E-state index contributed by atoms with van der Waals surface area (Å²) >= 11 is 1.52. The molecule has 1 atom stereocenters. The summed E-state index contributed by atoms with van der Waals surface area (Å²) in [5.74, 6) is 0.668. The Kier molecular flexibility index (Phi) is 7.64. The zero-order chi connectivity index (χ0) is 14.8. The smallest absolute Gasteiger partial charge is 0.136 e. The first-order chi connectivity index (χ1) is 9.67. The van der Waals surface area contributed by atoms with E-state index >= 15 is 0 Å². The van der Waals surface area contributed by atoms with E-state index in [9.17, 15) is 9.65 Å². The van der Waals surface area contributed by atoms with Crippen LogP contribution in [0.2, 0.25) is 0 Å². The second-order valence-electron chi connectivity index (χ2n) is 4.86. The summed E-state index contributed by atoms with van der Waals surface area (Å²) in [6, 6.07) is 9.24. The third-order valence-corrected chi connectivity index (χ3v) is 4.51. The molecule has 0 radical (unpaired) electrons. The maximum absolute atomic E-state index is 13.5.